The van der Waals surface area contributed by atoms with Crippen LogP contribution in [0.1, 0.15) is 30.4 Å². The number of hydrogen-bond acceptors (Lipinski definition) is 3. The van der Waals surface area contributed by atoms with Crippen LogP contribution in [-0.2, 0) is 17.8 Å². The molecule has 2 heterocycles. The van der Waals surface area contributed by atoms with E-state index in [1.54, 1.807) is 6.20 Å². The molecule has 0 radical (unpaired) electrons. The summed E-state index contributed by atoms with van der Waals surface area (Å²) in [6.07, 6.45) is 7.17. The lowest BCUT2D eigenvalue weighted by Crippen LogP contribution is -2.36. The predicted octanol–water partition coefficient (Wildman–Crippen LogP) is 3.45. The number of halogens is 1. The van der Waals surface area contributed by atoms with E-state index in [2.05, 4.69) is 21.3 Å². The third kappa shape index (κ3) is 5.28. The molecule has 0 spiro atoms. The highest BCUT2D eigenvalue weighted by atomic mass is 35.5. The highest BCUT2D eigenvalue weighted by Gasteiger charge is 2.29. The van der Waals surface area contributed by atoms with Crippen molar-refractivity contribution in [2.24, 2.45) is 0 Å². The van der Waals surface area contributed by atoms with Crippen molar-refractivity contribution in [3.05, 3.63) is 64.9 Å². The van der Waals surface area contributed by atoms with Crippen molar-refractivity contribution < 1.29 is 4.79 Å². The summed E-state index contributed by atoms with van der Waals surface area (Å²) in [4.78, 5) is 18.4. The molecule has 0 saturated carbocycles. The monoisotopic (exact) mass is 357 g/mol. The molecule has 25 heavy (non-hydrogen) atoms. The standard InChI is InChI=1S/C20H24ClN3O/c21-18-5-3-16(4-6-18)10-13-24-19(7-8-20(24)25)9-12-23-15-17-2-1-11-22-14-17/h1-6,11,14,19,23H,7-10,12-13,15H2/t19-/m1/s1. The largest absolute Gasteiger partial charge is 0.339 e. The number of amides is 1. The second-order valence-corrected chi connectivity index (χ2v) is 6.92. The van der Waals surface area contributed by atoms with Crippen LogP contribution >= 0.6 is 11.6 Å². The maximum absolute atomic E-state index is 12.2. The minimum atomic E-state index is 0.284. The molecule has 1 aliphatic rings. The third-order valence-electron chi connectivity index (χ3n) is 4.71. The minimum absolute atomic E-state index is 0.284. The summed E-state index contributed by atoms with van der Waals surface area (Å²) in [6, 6.07) is 12.2. The zero-order valence-corrected chi connectivity index (χ0v) is 15.1. The van der Waals surface area contributed by atoms with E-state index in [0.717, 1.165) is 43.9 Å². The van der Waals surface area contributed by atoms with E-state index < -0.39 is 0 Å². The van der Waals surface area contributed by atoms with Crippen LogP contribution in [-0.4, -0.2) is 34.9 Å². The Morgan fingerprint density at radius 3 is 2.80 bits per heavy atom. The zero-order valence-electron chi connectivity index (χ0n) is 14.3. The maximum Gasteiger partial charge on any atom is 0.222 e. The molecule has 1 fully saturated rings. The van der Waals surface area contributed by atoms with E-state index >= 15 is 0 Å². The lowest BCUT2D eigenvalue weighted by molar-refractivity contribution is -0.129. The van der Waals surface area contributed by atoms with Crippen LogP contribution < -0.4 is 5.32 Å². The van der Waals surface area contributed by atoms with Gasteiger partial charge in [-0.1, -0.05) is 29.8 Å². The number of nitrogens with zero attached hydrogens (tertiary/aromatic N) is 2. The van der Waals surface area contributed by atoms with Gasteiger partial charge in [-0.3, -0.25) is 9.78 Å². The summed E-state index contributed by atoms with van der Waals surface area (Å²) in [5, 5.41) is 4.20. The average molecular weight is 358 g/mol. The number of benzene rings is 1. The maximum atomic E-state index is 12.2. The molecule has 3 rings (SSSR count). The topological polar surface area (TPSA) is 45.2 Å². The number of pyridine rings is 1. The highest BCUT2D eigenvalue weighted by molar-refractivity contribution is 6.30. The van der Waals surface area contributed by atoms with Crippen LogP contribution in [0, 0.1) is 0 Å². The van der Waals surface area contributed by atoms with Crippen LogP contribution in [0.15, 0.2) is 48.8 Å². The van der Waals surface area contributed by atoms with E-state index in [1.807, 2.05) is 36.5 Å². The number of carbonyl (C=O) groups excluding carboxylic acids is 1. The van der Waals surface area contributed by atoms with Gasteiger partial charge in [0, 0.05) is 43.0 Å². The number of carbonyl (C=O) groups is 1. The highest BCUT2D eigenvalue weighted by Crippen LogP contribution is 2.22. The molecule has 1 aliphatic heterocycles. The van der Waals surface area contributed by atoms with Gasteiger partial charge in [-0.05, 0) is 55.1 Å². The van der Waals surface area contributed by atoms with E-state index in [0.29, 0.717) is 12.5 Å². The number of likely N-dealkylation sites (tertiary alicyclic amines) is 1. The first kappa shape index (κ1) is 17.9. The Kier molecular flexibility index (Phi) is 6.42. The van der Waals surface area contributed by atoms with Crippen molar-refractivity contribution in [2.75, 3.05) is 13.1 Å². The fourth-order valence-electron chi connectivity index (χ4n) is 3.31. The van der Waals surface area contributed by atoms with Gasteiger partial charge in [0.25, 0.3) is 0 Å². The molecule has 0 bridgehead atoms. The van der Waals surface area contributed by atoms with Gasteiger partial charge in [-0.25, -0.2) is 0 Å². The van der Waals surface area contributed by atoms with Crippen LogP contribution in [0.25, 0.3) is 0 Å². The summed E-state index contributed by atoms with van der Waals surface area (Å²) in [7, 11) is 0. The quantitative estimate of drug-likeness (QED) is 0.736. The first-order valence-corrected chi connectivity index (χ1v) is 9.24. The van der Waals surface area contributed by atoms with E-state index in [4.69, 9.17) is 11.6 Å². The second kappa shape index (κ2) is 8.97. The summed E-state index contributed by atoms with van der Waals surface area (Å²) in [5.41, 5.74) is 2.40. The fourth-order valence-corrected chi connectivity index (χ4v) is 3.43. The van der Waals surface area contributed by atoms with Crippen LogP contribution in [0.4, 0.5) is 0 Å². The molecular formula is C20H24ClN3O. The third-order valence-corrected chi connectivity index (χ3v) is 4.97. The minimum Gasteiger partial charge on any atom is -0.339 e. The van der Waals surface area contributed by atoms with Gasteiger partial charge in [-0.2, -0.15) is 0 Å². The molecule has 0 unspecified atom stereocenters. The Hall–Kier alpha value is -1.91. The molecule has 1 aromatic carbocycles. The molecule has 1 amide bonds. The van der Waals surface area contributed by atoms with Gasteiger partial charge in [0.1, 0.15) is 0 Å². The van der Waals surface area contributed by atoms with Gasteiger partial charge in [0.05, 0.1) is 0 Å². The normalized spacial score (nSPS) is 17.2. The van der Waals surface area contributed by atoms with Crippen molar-refractivity contribution in [2.45, 2.75) is 38.3 Å². The Morgan fingerprint density at radius 1 is 1.20 bits per heavy atom. The first-order valence-electron chi connectivity index (χ1n) is 8.86. The van der Waals surface area contributed by atoms with Crippen molar-refractivity contribution in [3.8, 4) is 0 Å². The molecular weight excluding hydrogens is 334 g/mol. The summed E-state index contributed by atoms with van der Waals surface area (Å²) >= 11 is 5.93. The number of hydrogen-bond donors (Lipinski definition) is 1. The van der Waals surface area contributed by atoms with Gasteiger partial charge in [-0.15, -0.1) is 0 Å². The SMILES string of the molecule is O=C1CC[C@H](CCNCc2cccnc2)N1CCc1ccc(Cl)cc1. The smallest absolute Gasteiger partial charge is 0.222 e. The van der Waals surface area contributed by atoms with Crippen LogP contribution in [0.2, 0.25) is 5.02 Å². The molecule has 1 saturated heterocycles. The van der Waals surface area contributed by atoms with Crippen molar-refractivity contribution >= 4 is 17.5 Å². The Labute approximate surface area is 154 Å². The van der Waals surface area contributed by atoms with E-state index in [9.17, 15) is 4.79 Å². The van der Waals surface area contributed by atoms with E-state index in [1.165, 1.54) is 11.1 Å². The lowest BCUT2D eigenvalue weighted by Gasteiger charge is -2.25. The van der Waals surface area contributed by atoms with Crippen LogP contribution in [0.3, 0.4) is 0 Å². The summed E-state index contributed by atoms with van der Waals surface area (Å²) in [6.45, 7) is 2.51. The van der Waals surface area contributed by atoms with Gasteiger partial charge in [0.2, 0.25) is 5.91 Å². The second-order valence-electron chi connectivity index (χ2n) is 6.48. The Bertz CT molecular complexity index is 675. The molecule has 2 aromatic rings. The van der Waals surface area contributed by atoms with Crippen LogP contribution in [0.5, 0.6) is 0 Å². The fraction of sp³-hybridized carbons (Fsp3) is 0.400. The summed E-state index contributed by atoms with van der Waals surface area (Å²) < 4.78 is 0. The number of aromatic nitrogens is 1. The van der Waals surface area contributed by atoms with Crippen molar-refractivity contribution in [1.29, 1.82) is 0 Å². The van der Waals surface area contributed by atoms with Crippen molar-refractivity contribution in [3.63, 3.8) is 0 Å². The van der Waals surface area contributed by atoms with Gasteiger partial charge >= 0.3 is 0 Å². The number of rotatable bonds is 8. The predicted molar refractivity (Wildman–Crippen MR) is 100 cm³/mol. The van der Waals surface area contributed by atoms with Gasteiger partial charge < -0.3 is 10.2 Å². The molecule has 1 aromatic heterocycles. The molecule has 1 N–H and O–H groups in total. The molecule has 0 aliphatic carbocycles. The molecule has 4 nitrogen and oxygen atoms in total. The molecule has 5 heteroatoms. The van der Waals surface area contributed by atoms with Gasteiger partial charge in [0.15, 0.2) is 0 Å². The summed E-state index contributed by atoms with van der Waals surface area (Å²) in [5.74, 6) is 0.284. The van der Waals surface area contributed by atoms with Crippen molar-refractivity contribution in [1.82, 2.24) is 15.2 Å². The lowest BCUT2D eigenvalue weighted by atomic mass is 10.1. The molecule has 1 atom stereocenters. The average Bonchev–Trinajstić information content (AvgIpc) is 2.99. The first-order chi connectivity index (χ1) is 12.2. The molecule has 132 valence electrons. The Morgan fingerprint density at radius 2 is 2.04 bits per heavy atom. The Balaban J connectivity index is 1.44. The van der Waals surface area contributed by atoms with E-state index in [-0.39, 0.29) is 5.91 Å². The number of nitrogens with one attached hydrogen (secondary N) is 1. The zero-order chi connectivity index (χ0) is 17.5.